The number of amides is 2. The van der Waals surface area contributed by atoms with Crippen molar-refractivity contribution in [2.45, 2.75) is 6.92 Å². The van der Waals surface area contributed by atoms with Gasteiger partial charge in [-0.3, -0.25) is 14.4 Å². The average Bonchev–Trinajstić information content (AvgIpc) is 2.74. The molecule has 3 aromatic carbocycles. The quantitative estimate of drug-likeness (QED) is 0.318. The number of nitrogens with one attached hydrogen (secondary N) is 2. The molecule has 0 saturated carbocycles. The Bertz CT molecular complexity index is 1120. The highest BCUT2D eigenvalue weighted by atomic mass is 35.5. The number of anilines is 2. The summed E-state index contributed by atoms with van der Waals surface area (Å²) in [6.45, 7) is 1.29. The van der Waals surface area contributed by atoms with Crippen LogP contribution in [-0.2, 0) is 9.59 Å². The van der Waals surface area contributed by atoms with Gasteiger partial charge < -0.3 is 15.4 Å². The number of ether oxygens (including phenoxy) is 1. The summed E-state index contributed by atoms with van der Waals surface area (Å²) in [4.78, 5) is 35.6. The van der Waals surface area contributed by atoms with E-state index in [1.165, 1.54) is 19.1 Å². The molecule has 31 heavy (non-hydrogen) atoms. The van der Waals surface area contributed by atoms with E-state index in [9.17, 15) is 14.4 Å². The lowest BCUT2D eigenvalue weighted by atomic mass is 10.2. The minimum absolute atomic E-state index is 0.283. The number of rotatable bonds is 6. The number of halogens is 1. The molecule has 7 heteroatoms. The van der Waals surface area contributed by atoms with Crippen LogP contribution in [0.3, 0.4) is 0 Å². The Balaban J connectivity index is 1.57. The van der Waals surface area contributed by atoms with Gasteiger partial charge in [-0.05, 0) is 66.2 Å². The molecule has 0 atom stereocenters. The zero-order valence-electron chi connectivity index (χ0n) is 16.6. The number of benzene rings is 3. The molecule has 0 aromatic heterocycles. The van der Waals surface area contributed by atoms with Gasteiger partial charge in [-0.15, -0.1) is 0 Å². The monoisotopic (exact) mass is 434 g/mol. The van der Waals surface area contributed by atoms with Gasteiger partial charge in [0.1, 0.15) is 5.75 Å². The lowest BCUT2D eigenvalue weighted by Crippen LogP contribution is -2.12. The third-order valence-corrected chi connectivity index (χ3v) is 4.32. The van der Waals surface area contributed by atoms with Gasteiger partial charge in [0.15, 0.2) is 0 Å². The Morgan fingerprint density at radius 2 is 1.52 bits per heavy atom. The molecule has 2 amide bonds. The largest absolute Gasteiger partial charge is 0.427 e. The molecule has 2 N–H and O–H groups in total. The Morgan fingerprint density at radius 3 is 2.16 bits per heavy atom. The topological polar surface area (TPSA) is 84.5 Å². The van der Waals surface area contributed by atoms with Crippen molar-refractivity contribution in [3.8, 4) is 5.75 Å². The van der Waals surface area contributed by atoms with E-state index in [1.54, 1.807) is 60.7 Å². The molecular formula is C24H19ClN2O4. The molecule has 0 saturated heterocycles. The molecule has 0 spiro atoms. The molecule has 0 unspecified atom stereocenters. The van der Waals surface area contributed by atoms with Crippen LogP contribution in [0, 0.1) is 0 Å². The molecule has 6 nitrogen and oxygen atoms in total. The number of carbonyl (C=O) groups is 3. The van der Waals surface area contributed by atoms with E-state index >= 15 is 0 Å². The summed E-state index contributed by atoms with van der Waals surface area (Å²) < 4.78 is 4.99. The predicted octanol–water partition coefficient (Wildman–Crippen LogP) is 5.17. The van der Waals surface area contributed by atoms with Crippen molar-refractivity contribution in [3.05, 3.63) is 95.0 Å². The highest BCUT2D eigenvalue weighted by molar-refractivity contribution is 6.30. The lowest BCUT2D eigenvalue weighted by molar-refractivity contribution is -0.131. The fourth-order valence-electron chi connectivity index (χ4n) is 2.64. The molecule has 0 aliphatic carbocycles. The Kier molecular flexibility index (Phi) is 7.19. The van der Waals surface area contributed by atoms with Crippen molar-refractivity contribution >= 4 is 46.8 Å². The summed E-state index contributed by atoms with van der Waals surface area (Å²) >= 11 is 5.84. The molecule has 0 aliphatic rings. The van der Waals surface area contributed by atoms with Gasteiger partial charge in [0, 0.05) is 35.0 Å². The first-order valence-electron chi connectivity index (χ1n) is 9.33. The van der Waals surface area contributed by atoms with E-state index in [4.69, 9.17) is 16.3 Å². The van der Waals surface area contributed by atoms with E-state index in [-0.39, 0.29) is 11.8 Å². The maximum atomic E-state index is 12.4. The van der Waals surface area contributed by atoms with Gasteiger partial charge in [0.2, 0.25) is 5.91 Å². The van der Waals surface area contributed by atoms with Crippen molar-refractivity contribution in [3.63, 3.8) is 0 Å². The minimum Gasteiger partial charge on any atom is -0.427 e. The number of esters is 1. The SMILES string of the molecule is CC(=O)Oc1cccc(C(=O)Nc2ccc(NC(=O)/C=C/c3ccc(Cl)cc3)cc2)c1. The third kappa shape index (κ3) is 6.83. The molecule has 0 aliphatic heterocycles. The van der Waals surface area contributed by atoms with Crippen LogP contribution in [0.5, 0.6) is 5.75 Å². The molecule has 0 heterocycles. The Hall–Kier alpha value is -3.90. The number of carbonyl (C=O) groups excluding carboxylic acids is 3. The van der Waals surface area contributed by atoms with Crippen molar-refractivity contribution in [2.24, 2.45) is 0 Å². The van der Waals surface area contributed by atoms with E-state index in [0.29, 0.717) is 27.7 Å². The van der Waals surface area contributed by atoms with Gasteiger partial charge in [-0.2, -0.15) is 0 Å². The summed E-state index contributed by atoms with van der Waals surface area (Å²) in [5.41, 5.74) is 2.34. The Morgan fingerprint density at radius 1 is 0.871 bits per heavy atom. The van der Waals surface area contributed by atoms with Gasteiger partial charge in [0.05, 0.1) is 0 Å². The normalized spacial score (nSPS) is 10.5. The standard InChI is InChI=1S/C24H19ClN2O4/c1-16(28)31-22-4-2-3-18(15-22)24(30)27-21-12-10-20(11-13-21)26-23(29)14-7-17-5-8-19(25)9-6-17/h2-15H,1H3,(H,26,29)(H,27,30)/b14-7+. The van der Waals surface area contributed by atoms with Gasteiger partial charge in [-0.25, -0.2) is 0 Å². The lowest BCUT2D eigenvalue weighted by Gasteiger charge is -2.08. The fraction of sp³-hybridized carbons (Fsp3) is 0.0417. The van der Waals surface area contributed by atoms with Crippen LogP contribution < -0.4 is 15.4 Å². The molecular weight excluding hydrogens is 416 g/mol. The van der Waals surface area contributed by atoms with Gasteiger partial charge in [-0.1, -0.05) is 29.8 Å². The smallest absolute Gasteiger partial charge is 0.308 e. The molecule has 0 bridgehead atoms. The second kappa shape index (κ2) is 10.2. The maximum absolute atomic E-state index is 12.4. The van der Waals surface area contributed by atoms with Crippen LogP contribution in [0.1, 0.15) is 22.8 Å². The highest BCUT2D eigenvalue weighted by Gasteiger charge is 2.08. The first-order chi connectivity index (χ1) is 14.9. The minimum atomic E-state index is -0.460. The van der Waals surface area contributed by atoms with Crippen LogP contribution in [0.25, 0.3) is 6.08 Å². The van der Waals surface area contributed by atoms with Crippen LogP contribution >= 0.6 is 11.6 Å². The summed E-state index contributed by atoms with van der Waals surface area (Å²) in [5.74, 6) is -0.797. The summed E-state index contributed by atoms with van der Waals surface area (Å²) in [6.07, 6.45) is 3.11. The molecule has 156 valence electrons. The molecule has 3 aromatic rings. The third-order valence-electron chi connectivity index (χ3n) is 4.07. The summed E-state index contributed by atoms with van der Waals surface area (Å²) in [5, 5.41) is 6.13. The highest BCUT2D eigenvalue weighted by Crippen LogP contribution is 2.18. The zero-order chi connectivity index (χ0) is 22.2. The van der Waals surface area contributed by atoms with Crippen LogP contribution in [0.4, 0.5) is 11.4 Å². The van der Waals surface area contributed by atoms with Crippen LogP contribution in [0.15, 0.2) is 78.9 Å². The van der Waals surface area contributed by atoms with E-state index in [0.717, 1.165) is 5.56 Å². The predicted molar refractivity (Wildman–Crippen MR) is 121 cm³/mol. The van der Waals surface area contributed by atoms with Crippen molar-refractivity contribution in [1.29, 1.82) is 0 Å². The average molecular weight is 435 g/mol. The van der Waals surface area contributed by atoms with Crippen LogP contribution in [0.2, 0.25) is 5.02 Å². The van der Waals surface area contributed by atoms with E-state index < -0.39 is 5.97 Å². The van der Waals surface area contributed by atoms with Crippen molar-refractivity contribution < 1.29 is 19.1 Å². The Labute approximate surface area is 184 Å². The van der Waals surface area contributed by atoms with E-state index in [1.807, 2.05) is 12.1 Å². The first-order valence-corrected chi connectivity index (χ1v) is 9.71. The zero-order valence-corrected chi connectivity index (χ0v) is 17.3. The maximum Gasteiger partial charge on any atom is 0.308 e. The number of hydrogen-bond acceptors (Lipinski definition) is 4. The second-order valence-corrected chi connectivity index (χ2v) is 6.96. The van der Waals surface area contributed by atoms with Crippen LogP contribution in [-0.4, -0.2) is 17.8 Å². The van der Waals surface area contributed by atoms with Gasteiger partial charge >= 0.3 is 5.97 Å². The molecule has 3 rings (SSSR count). The second-order valence-electron chi connectivity index (χ2n) is 6.53. The van der Waals surface area contributed by atoms with Crippen molar-refractivity contribution in [2.75, 3.05) is 10.6 Å². The van der Waals surface area contributed by atoms with Crippen molar-refractivity contribution in [1.82, 2.24) is 0 Å². The molecule has 0 fully saturated rings. The summed E-state index contributed by atoms with van der Waals surface area (Å²) in [6, 6.07) is 20.1. The first kappa shape index (κ1) is 21.8. The van der Waals surface area contributed by atoms with E-state index in [2.05, 4.69) is 10.6 Å². The summed E-state index contributed by atoms with van der Waals surface area (Å²) in [7, 11) is 0. The number of hydrogen-bond donors (Lipinski definition) is 2. The van der Waals surface area contributed by atoms with Gasteiger partial charge in [0.25, 0.3) is 5.91 Å². The molecule has 0 radical (unpaired) electrons. The fourth-order valence-corrected chi connectivity index (χ4v) is 2.76.